The first-order chi connectivity index (χ1) is 9.13. The van der Waals surface area contributed by atoms with E-state index < -0.39 is 0 Å². The Balaban J connectivity index is 2.07. The lowest BCUT2D eigenvalue weighted by atomic mass is 9.99. The van der Waals surface area contributed by atoms with Crippen molar-refractivity contribution >= 4 is 38.8 Å². The summed E-state index contributed by atoms with van der Waals surface area (Å²) in [5.74, 6) is 0.558. The normalized spacial score (nSPS) is 22.4. The summed E-state index contributed by atoms with van der Waals surface area (Å²) in [6, 6.07) is 5.94. The molecule has 19 heavy (non-hydrogen) atoms. The van der Waals surface area contributed by atoms with Gasteiger partial charge >= 0.3 is 0 Å². The summed E-state index contributed by atoms with van der Waals surface area (Å²) in [5, 5.41) is 3.46. The second-order valence-electron chi connectivity index (χ2n) is 4.77. The van der Waals surface area contributed by atoms with Crippen molar-refractivity contribution in [3.63, 3.8) is 0 Å². The molecule has 0 aliphatic carbocycles. The Hall–Kier alpha value is -0.650. The van der Waals surface area contributed by atoms with E-state index in [1.807, 2.05) is 18.2 Å². The van der Waals surface area contributed by atoms with Crippen molar-refractivity contribution in [3.05, 3.63) is 28.2 Å². The molecule has 1 aliphatic heterocycles. The van der Waals surface area contributed by atoms with Gasteiger partial charge in [-0.1, -0.05) is 25.2 Å². The molecular formula is C14H19BrN2OS. The summed E-state index contributed by atoms with van der Waals surface area (Å²) in [6.45, 7) is 3.93. The van der Waals surface area contributed by atoms with Crippen molar-refractivity contribution in [2.24, 2.45) is 11.7 Å². The quantitative estimate of drug-likeness (QED) is 0.806. The Morgan fingerprint density at radius 2 is 2.37 bits per heavy atom. The minimum atomic E-state index is 0.368. The minimum Gasteiger partial charge on any atom is -0.389 e. The van der Waals surface area contributed by atoms with Gasteiger partial charge in [0.05, 0.1) is 6.10 Å². The zero-order valence-corrected chi connectivity index (χ0v) is 13.4. The summed E-state index contributed by atoms with van der Waals surface area (Å²) in [5.41, 5.74) is 7.66. The highest BCUT2D eigenvalue weighted by Gasteiger charge is 2.26. The van der Waals surface area contributed by atoms with E-state index in [0.717, 1.165) is 41.7 Å². The molecule has 2 unspecified atom stereocenters. The Morgan fingerprint density at radius 1 is 1.58 bits per heavy atom. The fraction of sp³-hybridized carbons (Fsp3) is 0.500. The Labute approximate surface area is 128 Å². The van der Waals surface area contributed by atoms with Crippen LogP contribution in [0, 0.1) is 5.92 Å². The Kier molecular flexibility index (Phi) is 5.19. The van der Waals surface area contributed by atoms with Crippen LogP contribution in [0.15, 0.2) is 22.7 Å². The number of benzene rings is 1. The second kappa shape index (κ2) is 6.68. The number of rotatable bonds is 5. The van der Waals surface area contributed by atoms with Gasteiger partial charge in [-0.15, -0.1) is 0 Å². The van der Waals surface area contributed by atoms with Gasteiger partial charge in [-0.25, -0.2) is 0 Å². The van der Waals surface area contributed by atoms with Crippen LogP contribution in [0.25, 0.3) is 0 Å². The minimum absolute atomic E-state index is 0.368. The average Bonchev–Trinajstić information content (AvgIpc) is 2.83. The molecule has 2 rings (SSSR count). The van der Waals surface area contributed by atoms with E-state index in [9.17, 15) is 0 Å². The highest BCUT2D eigenvalue weighted by molar-refractivity contribution is 9.10. The monoisotopic (exact) mass is 342 g/mol. The highest BCUT2D eigenvalue weighted by Crippen LogP contribution is 2.27. The maximum Gasteiger partial charge on any atom is 0.107 e. The Morgan fingerprint density at radius 3 is 3.05 bits per heavy atom. The molecule has 1 aromatic carbocycles. The van der Waals surface area contributed by atoms with Crippen LogP contribution in [0.5, 0.6) is 0 Å². The number of ether oxygens (including phenoxy) is 1. The van der Waals surface area contributed by atoms with E-state index in [1.54, 1.807) is 0 Å². The van der Waals surface area contributed by atoms with Crippen LogP contribution >= 0.6 is 28.1 Å². The van der Waals surface area contributed by atoms with Crippen molar-refractivity contribution in [3.8, 4) is 0 Å². The molecule has 0 saturated carbocycles. The number of hydrogen-bond acceptors (Lipinski definition) is 3. The largest absolute Gasteiger partial charge is 0.389 e. The standard InChI is InChI=1S/C14H19BrN2OS/c1-2-12-9(6-7-18-12)8-17-11-5-3-4-10(15)13(11)14(16)19/h3-5,9,12,17H,2,6-8H2,1H3,(H2,16,19). The van der Waals surface area contributed by atoms with Gasteiger partial charge in [-0.2, -0.15) is 0 Å². The number of halogens is 1. The fourth-order valence-corrected chi connectivity index (χ4v) is 3.47. The summed E-state index contributed by atoms with van der Waals surface area (Å²) < 4.78 is 6.64. The predicted octanol–water partition coefficient (Wildman–Crippen LogP) is 3.31. The van der Waals surface area contributed by atoms with E-state index in [0.29, 0.717) is 17.0 Å². The number of anilines is 1. The first-order valence-corrected chi connectivity index (χ1v) is 7.77. The third-order valence-electron chi connectivity index (χ3n) is 3.56. The number of nitrogens with two attached hydrogens (primary N) is 1. The van der Waals surface area contributed by atoms with Crippen LogP contribution in [0.2, 0.25) is 0 Å². The molecule has 3 nitrogen and oxygen atoms in total. The molecule has 1 heterocycles. The molecule has 0 spiro atoms. The molecular weight excluding hydrogens is 324 g/mol. The summed E-state index contributed by atoms with van der Waals surface area (Å²) >= 11 is 8.61. The molecule has 1 aromatic rings. The van der Waals surface area contributed by atoms with E-state index in [4.69, 9.17) is 22.7 Å². The first-order valence-electron chi connectivity index (χ1n) is 6.57. The second-order valence-corrected chi connectivity index (χ2v) is 6.07. The lowest BCUT2D eigenvalue weighted by Crippen LogP contribution is -2.24. The van der Waals surface area contributed by atoms with E-state index in [-0.39, 0.29) is 0 Å². The molecule has 0 aromatic heterocycles. The third-order valence-corrected chi connectivity index (χ3v) is 4.43. The van der Waals surface area contributed by atoms with Crippen LogP contribution in [0.4, 0.5) is 5.69 Å². The van der Waals surface area contributed by atoms with Crippen molar-refractivity contribution in [1.29, 1.82) is 0 Å². The fourth-order valence-electron chi connectivity index (χ4n) is 2.54. The molecule has 1 saturated heterocycles. The lowest BCUT2D eigenvalue weighted by Gasteiger charge is -2.19. The number of nitrogens with one attached hydrogen (secondary N) is 1. The van der Waals surface area contributed by atoms with Crippen molar-refractivity contribution in [1.82, 2.24) is 0 Å². The van der Waals surface area contributed by atoms with Gasteiger partial charge in [0.2, 0.25) is 0 Å². The maximum absolute atomic E-state index is 5.79. The van der Waals surface area contributed by atoms with Crippen LogP contribution in [0.3, 0.4) is 0 Å². The molecule has 0 bridgehead atoms. The van der Waals surface area contributed by atoms with Crippen molar-refractivity contribution in [2.75, 3.05) is 18.5 Å². The van der Waals surface area contributed by atoms with Gasteiger partial charge in [0, 0.05) is 34.8 Å². The lowest BCUT2D eigenvalue weighted by molar-refractivity contribution is 0.0900. The summed E-state index contributed by atoms with van der Waals surface area (Å²) in [7, 11) is 0. The zero-order valence-electron chi connectivity index (χ0n) is 11.0. The summed E-state index contributed by atoms with van der Waals surface area (Å²) in [6.07, 6.45) is 2.54. The molecule has 2 atom stereocenters. The topological polar surface area (TPSA) is 47.3 Å². The Bertz CT molecular complexity index is 467. The summed E-state index contributed by atoms with van der Waals surface area (Å²) in [4.78, 5) is 0.407. The maximum atomic E-state index is 5.79. The van der Waals surface area contributed by atoms with E-state index >= 15 is 0 Å². The molecule has 5 heteroatoms. The predicted molar refractivity (Wildman–Crippen MR) is 86.7 cm³/mol. The van der Waals surface area contributed by atoms with Gasteiger partial charge in [-0.3, -0.25) is 0 Å². The molecule has 0 radical (unpaired) electrons. The van der Waals surface area contributed by atoms with Crippen molar-refractivity contribution in [2.45, 2.75) is 25.9 Å². The van der Waals surface area contributed by atoms with Gasteiger partial charge in [-0.05, 0) is 40.9 Å². The molecule has 0 amide bonds. The molecule has 1 aliphatic rings. The van der Waals surface area contributed by atoms with Crippen LogP contribution < -0.4 is 11.1 Å². The van der Waals surface area contributed by atoms with Gasteiger partial charge in [0.1, 0.15) is 4.99 Å². The molecule has 104 valence electrons. The van der Waals surface area contributed by atoms with Crippen LogP contribution in [-0.4, -0.2) is 24.2 Å². The molecule has 3 N–H and O–H groups in total. The van der Waals surface area contributed by atoms with Crippen LogP contribution in [-0.2, 0) is 4.74 Å². The third kappa shape index (κ3) is 3.46. The van der Waals surface area contributed by atoms with Gasteiger partial charge in [0.25, 0.3) is 0 Å². The van der Waals surface area contributed by atoms with E-state index in [2.05, 4.69) is 28.2 Å². The molecule has 1 fully saturated rings. The number of hydrogen-bond donors (Lipinski definition) is 2. The van der Waals surface area contributed by atoms with Gasteiger partial charge < -0.3 is 15.8 Å². The smallest absolute Gasteiger partial charge is 0.107 e. The van der Waals surface area contributed by atoms with E-state index in [1.165, 1.54) is 0 Å². The SMILES string of the molecule is CCC1OCCC1CNc1cccc(Br)c1C(N)=S. The first kappa shape index (κ1) is 14.8. The average molecular weight is 343 g/mol. The highest BCUT2D eigenvalue weighted by atomic mass is 79.9. The van der Waals surface area contributed by atoms with Crippen LogP contribution in [0.1, 0.15) is 25.3 Å². The number of thiocarbonyl (C=S) groups is 1. The van der Waals surface area contributed by atoms with Gasteiger partial charge in [0.15, 0.2) is 0 Å². The zero-order chi connectivity index (χ0) is 13.8. The van der Waals surface area contributed by atoms with Crippen molar-refractivity contribution < 1.29 is 4.74 Å².